The maximum atomic E-state index is 13.2. The molecule has 9 nitrogen and oxygen atoms in total. The van der Waals surface area contributed by atoms with E-state index in [9.17, 15) is 13.2 Å². The van der Waals surface area contributed by atoms with Gasteiger partial charge >= 0.3 is 6.09 Å². The average Bonchev–Trinajstić information content (AvgIpc) is 3.66. The van der Waals surface area contributed by atoms with Gasteiger partial charge < -0.3 is 9.30 Å². The van der Waals surface area contributed by atoms with Crippen molar-refractivity contribution < 1.29 is 17.9 Å². The fourth-order valence-electron chi connectivity index (χ4n) is 4.71. The van der Waals surface area contributed by atoms with Crippen molar-refractivity contribution in [3.05, 3.63) is 103 Å². The molecule has 0 saturated heterocycles. The number of pyridine rings is 1. The lowest BCUT2D eigenvalue weighted by Crippen LogP contribution is -2.26. The summed E-state index contributed by atoms with van der Waals surface area (Å²) in [4.78, 5) is 21.9. The minimum absolute atomic E-state index is 0.210. The molecule has 0 amide bonds. The molecule has 0 unspecified atom stereocenters. The molecule has 41 heavy (non-hydrogen) atoms. The highest BCUT2D eigenvalue weighted by Gasteiger charge is 2.21. The fourth-order valence-corrected chi connectivity index (χ4v) is 6.02. The Morgan fingerprint density at radius 1 is 0.927 bits per heavy atom. The van der Waals surface area contributed by atoms with Gasteiger partial charge in [-0.2, -0.15) is 0 Å². The van der Waals surface area contributed by atoms with Gasteiger partial charge in [-0.25, -0.2) is 27.2 Å². The van der Waals surface area contributed by atoms with Gasteiger partial charge in [0.05, 0.1) is 22.4 Å². The Morgan fingerprint density at radius 2 is 1.68 bits per heavy atom. The molecule has 0 aliphatic heterocycles. The number of hydrogen-bond donors (Lipinski definition) is 0. The Kier molecular flexibility index (Phi) is 6.30. The van der Waals surface area contributed by atoms with E-state index in [4.69, 9.17) is 4.74 Å². The normalized spacial score (nSPS) is 12.3. The molecule has 0 atom stereocenters. The molecule has 4 aromatic heterocycles. The molecule has 0 fully saturated rings. The first-order valence-electron chi connectivity index (χ1n) is 13.1. The average molecular weight is 568 g/mol. The van der Waals surface area contributed by atoms with E-state index in [1.165, 1.54) is 14.7 Å². The second kappa shape index (κ2) is 9.74. The topological polar surface area (TPSA) is 101 Å². The highest BCUT2D eigenvalue weighted by atomic mass is 32.2. The van der Waals surface area contributed by atoms with Gasteiger partial charge in [0, 0.05) is 47.7 Å². The van der Waals surface area contributed by atoms with Gasteiger partial charge in [0.2, 0.25) is 0 Å². The highest BCUT2D eigenvalue weighted by molar-refractivity contribution is 7.90. The van der Waals surface area contributed by atoms with Crippen LogP contribution >= 0.6 is 0 Å². The molecule has 0 aliphatic rings. The molecule has 0 bridgehead atoms. The van der Waals surface area contributed by atoms with Gasteiger partial charge in [-0.05, 0) is 69.7 Å². The van der Waals surface area contributed by atoms with Crippen LogP contribution in [0.5, 0.6) is 0 Å². The quantitative estimate of drug-likeness (QED) is 0.245. The Bertz CT molecular complexity index is 2030. The van der Waals surface area contributed by atoms with E-state index in [1.807, 2.05) is 68.8 Å². The lowest BCUT2D eigenvalue weighted by atomic mass is 10.1. The van der Waals surface area contributed by atoms with E-state index < -0.39 is 21.7 Å². The number of carbonyl (C=O) groups excluding carboxylic acids is 1. The van der Waals surface area contributed by atoms with Gasteiger partial charge in [-0.3, -0.25) is 4.57 Å². The predicted molar refractivity (Wildman–Crippen MR) is 157 cm³/mol. The molecule has 208 valence electrons. The molecule has 6 aromatic rings. The number of benzene rings is 2. The lowest BCUT2D eigenvalue weighted by molar-refractivity contribution is 0.0544. The molecule has 10 heteroatoms. The Morgan fingerprint density at radius 3 is 2.44 bits per heavy atom. The molecule has 0 N–H and O–H groups in total. The van der Waals surface area contributed by atoms with E-state index in [1.54, 1.807) is 49.1 Å². The summed E-state index contributed by atoms with van der Waals surface area (Å²) in [6.07, 6.45) is 8.12. The number of carbonyl (C=O) groups is 1. The van der Waals surface area contributed by atoms with Crippen LogP contribution in [0.3, 0.4) is 0 Å². The second-order valence-electron chi connectivity index (χ2n) is 11.1. The largest absolute Gasteiger partial charge is 0.443 e. The van der Waals surface area contributed by atoms with Gasteiger partial charge in [-0.15, -0.1) is 0 Å². The fraction of sp³-hybridized carbons (Fsp3) is 0.194. The number of imidazole rings is 1. The first-order chi connectivity index (χ1) is 19.5. The minimum Gasteiger partial charge on any atom is -0.443 e. The number of aryl methyl sites for hydroxylation is 1. The van der Waals surface area contributed by atoms with Crippen LogP contribution in [-0.4, -0.2) is 43.2 Å². The highest BCUT2D eigenvalue weighted by Crippen LogP contribution is 2.26. The Balaban J connectivity index is 1.25. The molecule has 0 aliphatic carbocycles. The van der Waals surface area contributed by atoms with Gasteiger partial charge in [0.25, 0.3) is 10.0 Å². The number of rotatable bonds is 5. The van der Waals surface area contributed by atoms with E-state index in [2.05, 4.69) is 9.97 Å². The molecular weight excluding hydrogens is 538 g/mol. The maximum Gasteiger partial charge on any atom is 0.418 e. The van der Waals surface area contributed by atoms with Crippen LogP contribution in [0.25, 0.3) is 33.2 Å². The van der Waals surface area contributed by atoms with E-state index in [-0.39, 0.29) is 4.90 Å². The van der Waals surface area contributed by atoms with Crippen LogP contribution in [0.15, 0.2) is 96.7 Å². The van der Waals surface area contributed by atoms with Crippen LogP contribution in [0.2, 0.25) is 0 Å². The number of aromatic nitrogens is 5. The molecule has 0 radical (unpaired) electrons. The van der Waals surface area contributed by atoms with Gasteiger partial charge in [0.1, 0.15) is 5.60 Å². The van der Waals surface area contributed by atoms with Crippen LogP contribution in [-0.2, 0) is 21.3 Å². The summed E-state index contributed by atoms with van der Waals surface area (Å²) in [5.41, 5.74) is 4.01. The summed E-state index contributed by atoms with van der Waals surface area (Å²) >= 11 is 0. The number of nitrogens with zero attached hydrogens (tertiary/aromatic N) is 5. The molecule has 2 aromatic carbocycles. The molecular formula is C31H29N5O4S. The van der Waals surface area contributed by atoms with Crippen LogP contribution < -0.4 is 0 Å². The number of fused-ring (bicyclic) bond motifs is 2. The Hall–Kier alpha value is -4.70. The van der Waals surface area contributed by atoms with E-state index in [0.717, 1.165) is 27.6 Å². The zero-order chi connectivity index (χ0) is 28.9. The predicted octanol–water partition coefficient (Wildman–Crippen LogP) is 6.23. The Labute approximate surface area is 237 Å². The molecule has 0 spiro atoms. The summed E-state index contributed by atoms with van der Waals surface area (Å²) in [5, 5.41) is 1.64. The van der Waals surface area contributed by atoms with Crippen LogP contribution in [0.4, 0.5) is 4.79 Å². The van der Waals surface area contributed by atoms with Crippen molar-refractivity contribution in [1.82, 2.24) is 23.1 Å². The smallest absolute Gasteiger partial charge is 0.418 e. The van der Waals surface area contributed by atoms with Crippen LogP contribution in [0, 0.1) is 6.92 Å². The van der Waals surface area contributed by atoms with E-state index >= 15 is 0 Å². The number of hydrogen-bond acceptors (Lipinski definition) is 6. The first-order valence-corrected chi connectivity index (χ1v) is 14.6. The second-order valence-corrected chi connectivity index (χ2v) is 12.9. The van der Waals surface area contributed by atoms with Crippen molar-refractivity contribution in [2.24, 2.45) is 0 Å². The molecule has 4 heterocycles. The van der Waals surface area contributed by atoms with Gasteiger partial charge in [-0.1, -0.05) is 29.8 Å². The zero-order valence-corrected chi connectivity index (χ0v) is 24.0. The summed E-state index contributed by atoms with van der Waals surface area (Å²) < 4.78 is 36.7. The maximum absolute atomic E-state index is 13.2. The number of ether oxygens (including phenoxy) is 1. The van der Waals surface area contributed by atoms with Crippen molar-refractivity contribution in [3.63, 3.8) is 0 Å². The zero-order valence-electron chi connectivity index (χ0n) is 23.1. The third kappa shape index (κ3) is 5.14. The monoisotopic (exact) mass is 567 g/mol. The third-order valence-corrected chi connectivity index (χ3v) is 8.39. The summed E-state index contributed by atoms with van der Waals surface area (Å²) in [6, 6.07) is 18.2. The summed E-state index contributed by atoms with van der Waals surface area (Å²) in [7, 11) is -3.77. The first kappa shape index (κ1) is 26.5. The van der Waals surface area contributed by atoms with E-state index in [0.29, 0.717) is 23.3 Å². The van der Waals surface area contributed by atoms with Gasteiger partial charge in [0.15, 0.2) is 5.65 Å². The molecule has 0 saturated carbocycles. The molecule has 6 rings (SSSR count). The van der Waals surface area contributed by atoms with Crippen LogP contribution in [0.1, 0.15) is 31.9 Å². The van der Waals surface area contributed by atoms with Crippen molar-refractivity contribution in [2.45, 2.75) is 44.7 Å². The van der Waals surface area contributed by atoms with Crippen molar-refractivity contribution in [3.8, 4) is 11.3 Å². The third-order valence-electron chi connectivity index (χ3n) is 6.71. The SMILES string of the molecule is Cc1ccc(S(=O)(=O)n2ccc3cc(-c4cn(Cc5ccc6ccn(C(=O)OC(C)(C)C)c6c5)cn4)cnc32)cc1. The lowest BCUT2D eigenvalue weighted by Gasteiger charge is -2.19. The summed E-state index contributed by atoms with van der Waals surface area (Å²) in [6.45, 7) is 7.98. The van der Waals surface area contributed by atoms with Crippen molar-refractivity contribution in [2.75, 3.05) is 0 Å². The summed E-state index contributed by atoms with van der Waals surface area (Å²) in [5.74, 6) is 0. The standard InChI is InChI=1S/C31H29N5O4S/c1-21-5-9-26(10-6-21)41(38,39)36-14-12-24-16-25(17-32-29(24)36)27-19-34(20-33-27)18-22-7-8-23-11-13-35(28(23)15-22)30(37)40-31(2,3)4/h5-17,19-20H,18H2,1-4H3. The van der Waals surface area contributed by atoms with Crippen molar-refractivity contribution in [1.29, 1.82) is 0 Å². The minimum atomic E-state index is -3.77. The van der Waals surface area contributed by atoms with Crippen molar-refractivity contribution >= 4 is 38.1 Å².